The number of aryl methyl sites for hydroxylation is 1. The molecule has 0 bridgehead atoms. The van der Waals surface area contributed by atoms with E-state index in [2.05, 4.69) is 9.97 Å². The van der Waals surface area contributed by atoms with Crippen LogP contribution >= 0.6 is 0 Å². The third-order valence-electron chi connectivity index (χ3n) is 2.42. The van der Waals surface area contributed by atoms with Crippen LogP contribution in [0.25, 0.3) is 0 Å². The second kappa shape index (κ2) is 3.84. The highest BCUT2D eigenvalue weighted by molar-refractivity contribution is 5.84. The summed E-state index contributed by atoms with van der Waals surface area (Å²) in [5.74, 6) is 1.39. The molecule has 5 heteroatoms. The van der Waals surface area contributed by atoms with Gasteiger partial charge in [-0.2, -0.15) is 0 Å². The normalized spacial score (nSPS) is 16.9. The maximum absolute atomic E-state index is 11.3. The zero-order chi connectivity index (χ0) is 10.8. The summed E-state index contributed by atoms with van der Waals surface area (Å²) in [6.45, 7) is 2.90. The first-order valence-corrected chi connectivity index (χ1v) is 5.00. The summed E-state index contributed by atoms with van der Waals surface area (Å²) in [5, 5.41) is 0. The Morgan fingerprint density at radius 1 is 1.47 bits per heavy atom. The van der Waals surface area contributed by atoms with Gasteiger partial charge in [0.1, 0.15) is 11.6 Å². The topological polar surface area (TPSA) is 66.1 Å². The van der Waals surface area contributed by atoms with Crippen LogP contribution in [0, 0.1) is 6.92 Å². The molecule has 1 fully saturated rings. The average molecular weight is 207 g/mol. The van der Waals surface area contributed by atoms with Crippen molar-refractivity contribution in [2.24, 2.45) is 0 Å². The molecule has 0 aliphatic carbocycles. The van der Waals surface area contributed by atoms with Crippen molar-refractivity contribution in [1.29, 1.82) is 0 Å². The molecule has 2 rings (SSSR count). The first kappa shape index (κ1) is 9.89. The number of aromatic amines is 1. The van der Waals surface area contributed by atoms with Crippen LogP contribution in [0.4, 0.5) is 5.82 Å². The lowest BCUT2D eigenvalue weighted by Crippen LogP contribution is -2.36. The molecule has 0 amide bonds. The first-order valence-electron chi connectivity index (χ1n) is 5.00. The maximum atomic E-state index is 11.3. The Balaban J connectivity index is 2.28. The first-order chi connectivity index (χ1) is 7.15. The number of nitrogens with zero attached hydrogens (tertiary/aromatic N) is 2. The Bertz CT molecular complexity index is 439. The minimum atomic E-state index is -0.171. The number of carbonyl (C=O) groups is 1. The number of aromatic nitrogens is 2. The molecule has 1 aliphatic heterocycles. The molecule has 1 aromatic heterocycles. The molecular formula is C10H13N3O2. The number of ketones is 1. The van der Waals surface area contributed by atoms with Crippen LogP contribution in [0.15, 0.2) is 10.9 Å². The molecule has 0 atom stereocenters. The molecule has 1 aliphatic rings. The number of nitrogens with one attached hydrogen (secondary N) is 1. The Morgan fingerprint density at radius 3 is 2.93 bits per heavy atom. The molecule has 0 unspecified atom stereocenters. The highest BCUT2D eigenvalue weighted by Crippen LogP contribution is 2.13. The lowest BCUT2D eigenvalue weighted by Gasteiger charge is -2.26. The van der Waals surface area contributed by atoms with Crippen molar-refractivity contribution in [3.8, 4) is 0 Å². The van der Waals surface area contributed by atoms with Gasteiger partial charge in [0.05, 0.1) is 6.54 Å². The highest BCUT2D eigenvalue weighted by atomic mass is 16.1. The smallest absolute Gasteiger partial charge is 0.252 e. The zero-order valence-corrected chi connectivity index (χ0v) is 8.62. The van der Waals surface area contributed by atoms with Crippen molar-refractivity contribution in [3.63, 3.8) is 0 Å². The monoisotopic (exact) mass is 207 g/mol. The minimum absolute atomic E-state index is 0.171. The lowest BCUT2D eigenvalue weighted by molar-refractivity contribution is -0.118. The largest absolute Gasteiger partial charge is 0.349 e. The van der Waals surface area contributed by atoms with E-state index in [1.54, 1.807) is 6.92 Å². The number of rotatable bonds is 1. The predicted octanol–water partition coefficient (Wildman–Crippen LogP) is 0.248. The Hall–Kier alpha value is -1.65. The number of carbonyl (C=O) groups excluding carboxylic acids is 1. The Labute approximate surface area is 87.1 Å². The maximum Gasteiger partial charge on any atom is 0.252 e. The van der Waals surface area contributed by atoms with Gasteiger partial charge in [-0.3, -0.25) is 9.59 Å². The van der Waals surface area contributed by atoms with Crippen LogP contribution in [0.2, 0.25) is 0 Å². The predicted molar refractivity (Wildman–Crippen MR) is 56.0 cm³/mol. The van der Waals surface area contributed by atoms with Gasteiger partial charge in [-0.25, -0.2) is 4.98 Å². The fraction of sp³-hybridized carbons (Fsp3) is 0.500. The lowest BCUT2D eigenvalue weighted by atomic mass is 10.1. The van der Waals surface area contributed by atoms with E-state index in [9.17, 15) is 9.59 Å². The molecule has 15 heavy (non-hydrogen) atoms. The summed E-state index contributed by atoms with van der Waals surface area (Å²) in [6, 6.07) is 1.44. The number of H-pyrrole nitrogens is 1. The molecule has 1 saturated heterocycles. The summed E-state index contributed by atoms with van der Waals surface area (Å²) in [6.07, 6.45) is 1.48. The van der Waals surface area contributed by atoms with Crippen LogP contribution in [0.3, 0.4) is 0 Å². The van der Waals surface area contributed by atoms with E-state index in [0.717, 1.165) is 13.0 Å². The van der Waals surface area contributed by atoms with Gasteiger partial charge in [-0.1, -0.05) is 0 Å². The van der Waals surface area contributed by atoms with Crippen molar-refractivity contribution >= 4 is 11.6 Å². The van der Waals surface area contributed by atoms with Crippen LogP contribution < -0.4 is 10.5 Å². The van der Waals surface area contributed by atoms with E-state index in [0.29, 0.717) is 24.6 Å². The van der Waals surface area contributed by atoms with E-state index >= 15 is 0 Å². The van der Waals surface area contributed by atoms with E-state index in [1.807, 2.05) is 4.90 Å². The SMILES string of the molecule is Cc1nc(N2CCCC(=O)C2)cc(=O)[nH]1. The van der Waals surface area contributed by atoms with Crippen molar-refractivity contribution in [2.45, 2.75) is 19.8 Å². The number of piperidine rings is 1. The number of hydrogen-bond donors (Lipinski definition) is 1. The van der Waals surface area contributed by atoms with Crippen LogP contribution in [0.1, 0.15) is 18.7 Å². The van der Waals surface area contributed by atoms with Crippen molar-refractivity contribution in [2.75, 3.05) is 18.0 Å². The second-order valence-electron chi connectivity index (χ2n) is 3.75. The highest BCUT2D eigenvalue weighted by Gasteiger charge is 2.18. The Kier molecular flexibility index (Phi) is 2.53. The molecule has 0 saturated carbocycles. The standard InChI is InChI=1S/C10H13N3O2/c1-7-11-9(5-10(15)12-7)13-4-2-3-8(14)6-13/h5H,2-4,6H2,1H3,(H,11,12,15). The van der Waals surface area contributed by atoms with E-state index < -0.39 is 0 Å². The molecule has 0 spiro atoms. The minimum Gasteiger partial charge on any atom is -0.349 e. The quantitative estimate of drug-likeness (QED) is 0.716. The number of anilines is 1. The van der Waals surface area contributed by atoms with Gasteiger partial charge in [-0.15, -0.1) is 0 Å². The fourth-order valence-corrected chi connectivity index (χ4v) is 1.76. The number of hydrogen-bond acceptors (Lipinski definition) is 4. The molecule has 2 heterocycles. The molecule has 1 aromatic rings. The third kappa shape index (κ3) is 2.23. The van der Waals surface area contributed by atoms with Gasteiger partial charge < -0.3 is 9.88 Å². The van der Waals surface area contributed by atoms with E-state index in [-0.39, 0.29) is 11.3 Å². The molecule has 1 N–H and O–H groups in total. The van der Waals surface area contributed by atoms with Crippen molar-refractivity contribution in [1.82, 2.24) is 9.97 Å². The summed E-state index contributed by atoms with van der Waals surface area (Å²) >= 11 is 0. The molecule has 0 radical (unpaired) electrons. The zero-order valence-electron chi connectivity index (χ0n) is 8.62. The molecule has 5 nitrogen and oxygen atoms in total. The van der Waals surface area contributed by atoms with Crippen LogP contribution in [-0.4, -0.2) is 28.8 Å². The van der Waals surface area contributed by atoms with Gasteiger partial charge in [0.2, 0.25) is 0 Å². The van der Waals surface area contributed by atoms with Gasteiger partial charge in [0.25, 0.3) is 5.56 Å². The van der Waals surface area contributed by atoms with E-state index in [1.165, 1.54) is 6.07 Å². The van der Waals surface area contributed by atoms with Gasteiger partial charge in [-0.05, 0) is 13.3 Å². The third-order valence-corrected chi connectivity index (χ3v) is 2.42. The van der Waals surface area contributed by atoms with Crippen LogP contribution in [-0.2, 0) is 4.79 Å². The van der Waals surface area contributed by atoms with Crippen molar-refractivity contribution < 1.29 is 4.79 Å². The summed E-state index contributed by atoms with van der Waals surface area (Å²) in [5.41, 5.74) is -0.171. The van der Waals surface area contributed by atoms with Crippen molar-refractivity contribution in [3.05, 3.63) is 22.2 Å². The van der Waals surface area contributed by atoms with Gasteiger partial charge >= 0.3 is 0 Å². The van der Waals surface area contributed by atoms with Gasteiger partial charge in [0, 0.05) is 19.0 Å². The molecular weight excluding hydrogens is 194 g/mol. The fourth-order valence-electron chi connectivity index (χ4n) is 1.76. The number of Topliss-reactive ketones (excluding diaryl/α,β-unsaturated/α-hetero) is 1. The van der Waals surface area contributed by atoms with Gasteiger partial charge in [0.15, 0.2) is 5.78 Å². The summed E-state index contributed by atoms with van der Waals surface area (Å²) in [4.78, 5) is 31.1. The molecule has 80 valence electrons. The Morgan fingerprint density at radius 2 is 2.27 bits per heavy atom. The van der Waals surface area contributed by atoms with E-state index in [4.69, 9.17) is 0 Å². The second-order valence-corrected chi connectivity index (χ2v) is 3.75. The van der Waals surface area contributed by atoms with Crippen LogP contribution in [0.5, 0.6) is 0 Å². The average Bonchev–Trinajstić information content (AvgIpc) is 2.16. The summed E-state index contributed by atoms with van der Waals surface area (Å²) < 4.78 is 0. The summed E-state index contributed by atoms with van der Waals surface area (Å²) in [7, 11) is 0. The molecule has 0 aromatic carbocycles.